The summed E-state index contributed by atoms with van der Waals surface area (Å²) in [6.45, 7) is 8.20. The maximum atomic E-state index is 13.5. The van der Waals surface area contributed by atoms with E-state index in [9.17, 15) is 19.2 Å². The SMILES string of the molecule is C=CC(=O)Oc1c(OC(C)=O)c(C2c3ccccc3C(=O)c3ccccc32)c(OC(=O)C=C)c2ccccc12. The maximum absolute atomic E-state index is 13.5. The van der Waals surface area contributed by atoms with Crippen LogP contribution in [0.3, 0.4) is 0 Å². The highest BCUT2D eigenvalue weighted by Gasteiger charge is 2.38. The predicted molar refractivity (Wildman–Crippen MR) is 144 cm³/mol. The van der Waals surface area contributed by atoms with Crippen molar-refractivity contribution in [3.05, 3.63) is 126 Å². The number of carbonyl (C=O) groups is 4. The van der Waals surface area contributed by atoms with Crippen LogP contribution in [0.5, 0.6) is 17.2 Å². The lowest BCUT2D eigenvalue weighted by molar-refractivity contribution is -0.133. The fraction of sp³-hybridized carbons (Fsp3) is 0.0625. The van der Waals surface area contributed by atoms with Gasteiger partial charge in [0, 0.05) is 46.9 Å². The molecule has 0 saturated carbocycles. The third-order valence-electron chi connectivity index (χ3n) is 6.42. The molecule has 0 N–H and O–H groups in total. The first kappa shape index (κ1) is 25.4. The smallest absolute Gasteiger partial charge is 0.335 e. The summed E-state index contributed by atoms with van der Waals surface area (Å²) in [5, 5.41) is 0.769. The molecule has 1 aliphatic carbocycles. The molecule has 7 heteroatoms. The number of fused-ring (bicyclic) bond motifs is 3. The first-order valence-electron chi connectivity index (χ1n) is 12.0. The van der Waals surface area contributed by atoms with Crippen molar-refractivity contribution in [3.63, 3.8) is 0 Å². The van der Waals surface area contributed by atoms with E-state index in [1.807, 2.05) is 0 Å². The molecular weight excluding hydrogens is 496 g/mol. The zero-order chi connectivity index (χ0) is 27.7. The van der Waals surface area contributed by atoms with Crippen molar-refractivity contribution in [3.8, 4) is 17.2 Å². The van der Waals surface area contributed by atoms with Gasteiger partial charge in [-0.15, -0.1) is 0 Å². The quantitative estimate of drug-likeness (QED) is 0.162. The van der Waals surface area contributed by atoms with E-state index in [4.69, 9.17) is 14.2 Å². The average molecular weight is 519 g/mol. The van der Waals surface area contributed by atoms with Crippen LogP contribution < -0.4 is 14.2 Å². The molecule has 0 amide bonds. The van der Waals surface area contributed by atoms with E-state index in [-0.39, 0.29) is 28.6 Å². The minimum absolute atomic E-state index is 0.0500. The third kappa shape index (κ3) is 4.40. The molecule has 7 nitrogen and oxygen atoms in total. The van der Waals surface area contributed by atoms with Crippen molar-refractivity contribution in [2.75, 3.05) is 0 Å². The summed E-state index contributed by atoms with van der Waals surface area (Å²) in [4.78, 5) is 51.0. The van der Waals surface area contributed by atoms with Crippen LogP contribution in [0.1, 0.15) is 45.5 Å². The first-order chi connectivity index (χ1) is 18.8. The molecule has 5 rings (SSSR count). The van der Waals surface area contributed by atoms with Gasteiger partial charge in [-0.2, -0.15) is 0 Å². The van der Waals surface area contributed by atoms with Gasteiger partial charge in [-0.3, -0.25) is 9.59 Å². The number of hydrogen-bond acceptors (Lipinski definition) is 7. The molecule has 0 saturated heterocycles. The second-order valence-corrected chi connectivity index (χ2v) is 8.73. The Balaban J connectivity index is 1.99. The Bertz CT molecular complexity index is 1660. The Morgan fingerprint density at radius 2 is 1.13 bits per heavy atom. The molecule has 0 atom stereocenters. The fourth-order valence-electron chi connectivity index (χ4n) is 4.91. The summed E-state index contributed by atoms with van der Waals surface area (Å²) >= 11 is 0. The lowest BCUT2D eigenvalue weighted by Crippen LogP contribution is -2.22. The molecule has 0 aromatic heterocycles. The molecule has 0 heterocycles. The number of ketones is 1. The van der Waals surface area contributed by atoms with E-state index in [0.29, 0.717) is 33.0 Å². The number of benzene rings is 4. The Hall–Kier alpha value is -5.30. The number of ether oxygens (including phenoxy) is 3. The summed E-state index contributed by atoms with van der Waals surface area (Å²) in [5.41, 5.74) is 2.31. The number of carbonyl (C=O) groups excluding carboxylic acids is 4. The topological polar surface area (TPSA) is 96.0 Å². The van der Waals surface area contributed by atoms with Gasteiger partial charge in [-0.05, 0) is 11.1 Å². The second kappa shape index (κ2) is 10.2. The third-order valence-corrected chi connectivity index (χ3v) is 6.42. The van der Waals surface area contributed by atoms with E-state index in [0.717, 1.165) is 12.2 Å². The summed E-state index contributed by atoms with van der Waals surface area (Å²) in [7, 11) is 0. The van der Waals surface area contributed by atoms with Gasteiger partial charge >= 0.3 is 17.9 Å². The second-order valence-electron chi connectivity index (χ2n) is 8.73. The van der Waals surface area contributed by atoms with Crippen LogP contribution in [0.25, 0.3) is 10.8 Å². The van der Waals surface area contributed by atoms with E-state index in [1.165, 1.54) is 6.92 Å². The highest BCUT2D eigenvalue weighted by Crippen LogP contribution is 2.54. The fourth-order valence-corrected chi connectivity index (χ4v) is 4.91. The molecule has 4 aromatic rings. The van der Waals surface area contributed by atoms with E-state index < -0.39 is 23.8 Å². The van der Waals surface area contributed by atoms with Crippen LogP contribution in [0.15, 0.2) is 98.1 Å². The van der Waals surface area contributed by atoms with Gasteiger partial charge in [-0.25, -0.2) is 9.59 Å². The lowest BCUT2D eigenvalue weighted by atomic mass is 9.73. The van der Waals surface area contributed by atoms with Gasteiger partial charge in [-0.1, -0.05) is 86.0 Å². The van der Waals surface area contributed by atoms with Crippen LogP contribution in [0.4, 0.5) is 0 Å². The van der Waals surface area contributed by atoms with Crippen molar-refractivity contribution < 1.29 is 33.4 Å². The molecular formula is C32H22O7. The predicted octanol–water partition coefficient (Wildman–Crippen LogP) is 5.67. The Morgan fingerprint density at radius 3 is 1.64 bits per heavy atom. The van der Waals surface area contributed by atoms with Gasteiger partial charge < -0.3 is 14.2 Å². The summed E-state index contributed by atoms with van der Waals surface area (Å²) in [6, 6.07) is 20.8. The highest BCUT2D eigenvalue weighted by atomic mass is 16.6. The summed E-state index contributed by atoms with van der Waals surface area (Å²) in [6.07, 6.45) is 2.00. The van der Waals surface area contributed by atoms with Crippen LogP contribution in [0.2, 0.25) is 0 Å². The largest absolute Gasteiger partial charge is 0.422 e. The number of esters is 3. The molecule has 0 fully saturated rings. The maximum Gasteiger partial charge on any atom is 0.335 e. The highest BCUT2D eigenvalue weighted by molar-refractivity contribution is 6.13. The van der Waals surface area contributed by atoms with Crippen LogP contribution >= 0.6 is 0 Å². The van der Waals surface area contributed by atoms with Gasteiger partial charge in [0.1, 0.15) is 5.75 Å². The van der Waals surface area contributed by atoms with E-state index >= 15 is 0 Å². The number of hydrogen-bond donors (Lipinski definition) is 0. The van der Waals surface area contributed by atoms with Gasteiger partial charge in [0.15, 0.2) is 17.3 Å². The Labute approximate surface area is 223 Å². The van der Waals surface area contributed by atoms with Gasteiger partial charge in [0.2, 0.25) is 0 Å². The van der Waals surface area contributed by atoms with Crippen LogP contribution in [-0.4, -0.2) is 23.7 Å². The summed E-state index contributed by atoms with van der Waals surface area (Å²) in [5.74, 6) is -3.24. The zero-order valence-electron chi connectivity index (χ0n) is 20.9. The molecule has 0 radical (unpaired) electrons. The Morgan fingerprint density at radius 1 is 0.667 bits per heavy atom. The molecule has 0 unspecified atom stereocenters. The zero-order valence-corrected chi connectivity index (χ0v) is 20.9. The molecule has 192 valence electrons. The van der Waals surface area contributed by atoms with Gasteiger partial charge in [0.25, 0.3) is 0 Å². The van der Waals surface area contributed by atoms with E-state index in [2.05, 4.69) is 13.2 Å². The molecule has 1 aliphatic rings. The Kier molecular flexibility index (Phi) is 6.64. The standard InChI is InChI=1S/C32H22O7/c1-4-25(34)38-30-23-16-10-11-17-24(23)31(39-26(35)5-2)32(37-18(3)33)28(30)27-19-12-6-8-14-21(19)29(36)22-15-9-7-13-20(22)27/h4-17,27H,1-2H2,3H3. The first-order valence-corrected chi connectivity index (χ1v) is 12.0. The minimum Gasteiger partial charge on any atom is -0.422 e. The number of rotatable bonds is 6. The molecule has 0 aliphatic heterocycles. The summed E-state index contributed by atoms with van der Waals surface area (Å²) < 4.78 is 17.2. The van der Waals surface area contributed by atoms with Crippen molar-refractivity contribution in [2.45, 2.75) is 12.8 Å². The van der Waals surface area contributed by atoms with Crippen LogP contribution in [-0.2, 0) is 14.4 Å². The van der Waals surface area contributed by atoms with Gasteiger partial charge in [0.05, 0.1) is 5.56 Å². The van der Waals surface area contributed by atoms with Crippen molar-refractivity contribution in [1.82, 2.24) is 0 Å². The lowest BCUT2D eigenvalue weighted by Gasteiger charge is -2.31. The molecule has 0 spiro atoms. The van der Waals surface area contributed by atoms with Crippen molar-refractivity contribution >= 4 is 34.5 Å². The molecule has 4 aromatic carbocycles. The molecule has 39 heavy (non-hydrogen) atoms. The van der Waals surface area contributed by atoms with Crippen LogP contribution in [0, 0.1) is 0 Å². The van der Waals surface area contributed by atoms with Crippen molar-refractivity contribution in [1.29, 1.82) is 0 Å². The normalized spacial score (nSPS) is 12.2. The molecule has 0 bridgehead atoms. The minimum atomic E-state index is -0.782. The monoisotopic (exact) mass is 518 g/mol. The average Bonchev–Trinajstić information content (AvgIpc) is 2.95. The van der Waals surface area contributed by atoms with E-state index in [1.54, 1.807) is 72.8 Å². The van der Waals surface area contributed by atoms with Crippen molar-refractivity contribution in [2.24, 2.45) is 0 Å².